The predicted octanol–water partition coefficient (Wildman–Crippen LogP) is 2.06. The van der Waals surface area contributed by atoms with Crippen LogP contribution < -0.4 is 5.32 Å². The van der Waals surface area contributed by atoms with Crippen molar-refractivity contribution in [2.24, 2.45) is 4.99 Å². The van der Waals surface area contributed by atoms with E-state index in [2.05, 4.69) is 21.4 Å². The Bertz CT molecular complexity index is 1090. The minimum atomic E-state index is -0.249. The Morgan fingerprint density at radius 3 is 2.60 bits per heavy atom. The van der Waals surface area contributed by atoms with Gasteiger partial charge in [-0.3, -0.25) is 19.5 Å². The van der Waals surface area contributed by atoms with Crippen molar-refractivity contribution in [3.8, 4) is 11.3 Å². The zero-order valence-corrected chi connectivity index (χ0v) is 16.3. The first kappa shape index (κ1) is 18.5. The highest BCUT2D eigenvalue weighted by molar-refractivity contribution is 6.38. The molecule has 1 saturated heterocycles. The molecule has 1 fully saturated rings. The van der Waals surface area contributed by atoms with E-state index < -0.39 is 0 Å². The van der Waals surface area contributed by atoms with Crippen LogP contribution >= 0.6 is 0 Å². The Labute approximate surface area is 173 Å². The molecule has 7 nitrogen and oxygen atoms in total. The van der Waals surface area contributed by atoms with E-state index in [1.54, 1.807) is 29.4 Å². The van der Waals surface area contributed by atoms with Gasteiger partial charge in [-0.2, -0.15) is 5.10 Å². The lowest BCUT2D eigenvalue weighted by molar-refractivity contribution is -0.129. The third-order valence-corrected chi connectivity index (χ3v) is 5.46. The van der Waals surface area contributed by atoms with Crippen LogP contribution in [0.1, 0.15) is 17.3 Å². The van der Waals surface area contributed by atoms with Gasteiger partial charge in [0.15, 0.2) is 5.84 Å². The largest absolute Gasteiger partial charge is 0.364 e. The average molecular weight is 404 g/mol. The first-order valence-corrected chi connectivity index (χ1v) is 9.98. The first-order chi connectivity index (χ1) is 14.7. The number of aliphatic imine (C=N–C) groups is 1. The maximum Gasteiger partial charge on any atom is 0.289 e. The molecule has 3 aromatic rings. The summed E-state index contributed by atoms with van der Waals surface area (Å²) in [5.41, 5.74) is 3.89. The molecule has 8 heteroatoms. The van der Waals surface area contributed by atoms with Gasteiger partial charge in [-0.15, -0.1) is 0 Å². The van der Waals surface area contributed by atoms with E-state index in [1.807, 2.05) is 16.8 Å². The van der Waals surface area contributed by atoms with Gasteiger partial charge in [0.05, 0.1) is 18.3 Å². The van der Waals surface area contributed by atoms with Gasteiger partial charge in [-0.05, 0) is 35.9 Å². The van der Waals surface area contributed by atoms with Crippen LogP contribution in [0.2, 0.25) is 0 Å². The van der Waals surface area contributed by atoms with E-state index in [9.17, 15) is 9.18 Å². The van der Waals surface area contributed by atoms with Crippen molar-refractivity contribution >= 4 is 11.7 Å². The second kappa shape index (κ2) is 7.70. The van der Waals surface area contributed by atoms with Crippen molar-refractivity contribution < 1.29 is 9.18 Å². The molecular weight excluding hydrogens is 383 g/mol. The SMILES string of the molecule is O=C(C1=NCCN1)N1CC(n2nc(-c3ccncc3)cc2Cc2ccc(F)cc2)C1. The number of pyridine rings is 1. The van der Waals surface area contributed by atoms with Gasteiger partial charge in [0.1, 0.15) is 5.82 Å². The molecule has 2 aromatic heterocycles. The van der Waals surface area contributed by atoms with Crippen molar-refractivity contribution in [2.45, 2.75) is 12.5 Å². The lowest BCUT2D eigenvalue weighted by atomic mass is 10.1. The lowest BCUT2D eigenvalue weighted by Gasteiger charge is -2.39. The summed E-state index contributed by atoms with van der Waals surface area (Å²) in [5, 5.41) is 7.87. The number of nitrogens with zero attached hydrogens (tertiary/aromatic N) is 5. The predicted molar refractivity (Wildman–Crippen MR) is 111 cm³/mol. The van der Waals surface area contributed by atoms with Gasteiger partial charge in [0, 0.05) is 49.7 Å². The van der Waals surface area contributed by atoms with Crippen molar-refractivity contribution in [3.63, 3.8) is 0 Å². The highest BCUT2D eigenvalue weighted by atomic mass is 19.1. The maximum atomic E-state index is 13.3. The Morgan fingerprint density at radius 1 is 1.13 bits per heavy atom. The number of likely N-dealkylation sites (tertiary alicyclic amines) is 1. The van der Waals surface area contributed by atoms with Crippen molar-refractivity contribution in [2.75, 3.05) is 26.2 Å². The Morgan fingerprint density at radius 2 is 1.90 bits per heavy atom. The second-order valence-corrected chi connectivity index (χ2v) is 7.53. The monoisotopic (exact) mass is 404 g/mol. The molecule has 5 rings (SSSR count). The number of hydrogen-bond donors (Lipinski definition) is 1. The smallest absolute Gasteiger partial charge is 0.289 e. The van der Waals surface area contributed by atoms with E-state index in [1.165, 1.54) is 12.1 Å². The van der Waals surface area contributed by atoms with Crippen molar-refractivity contribution in [3.05, 3.63) is 71.9 Å². The summed E-state index contributed by atoms with van der Waals surface area (Å²) in [6.07, 6.45) is 4.12. The van der Waals surface area contributed by atoms with E-state index in [-0.39, 0.29) is 17.8 Å². The number of carbonyl (C=O) groups is 1. The molecule has 152 valence electrons. The fraction of sp³-hybridized carbons (Fsp3) is 0.273. The first-order valence-electron chi connectivity index (χ1n) is 9.98. The summed E-state index contributed by atoms with van der Waals surface area (Å²) in [4.78, 5) is 22.6. The summed E-state index contributed by atoms with van der Waals surface area (Å²) in [7, 11) is 0. The van der Waals surface area contributed by atoms with E-state index in [4.69, 9.17) is 5.10 Å². The van der Waals surface area contributed by atoms with Gasteiger partial charge in [0.2, 0.25) is 0 Å². The molecule has 2 aliphatic heterocycles. The summed E-state index contributed by atoms with van der Waals surface area (Å²) in [5.74, 6) is 0.157. The van der Waals surface area contributed by atoms with E-state index in [0.717, 1.165) is 22.5 Å². The number of rotatable bonds is 5. The minimum Gasteiger partial charge on any atom is -0.364 e. The second-order valence-electron chi connectivity index (χ2n) is 7.53. The molecule has 0 bridgehead atoms. The number of amides is 1. The number of benzene rings is 1. The fourth-order valence-corrected chi connectivity index (χ4v) is 3.82. The van der Waals surface area contributed by atoms with Crippen LogP contribution in [-0.2, 0) is 11.2 Å². The van der Waals surface area contributed by atoms with Crippen LogP contribution in [0.4, 0.5) is 4.39 Å². The molecule has 0 spiro atoms. The standard InChI is InChI=1S/C22H21FN6O/c23-17-3-1-15(2-4-17)11-18-12-20(16-5-7-24-8-6-16)27-29(18)19-13-28(14-19)22(30)21-25-9-10-26-21/h1-8,12,19H,9-11,13-14H2,(H,25,26). The molecule has 1 aromatic carbocycles. The quantitative estimate of drug-likeness (QED) is 0.706. The fourth-order valence-electron chi connectivity index (χ4n) is 3.82. The number of nitrogens with one attached hydrogen (secondary N) is 1. The Kier molecular flexibility index (Phi) is 4.74. The van der Waals surface area contributed by atoms with E-state index in [0.29, 0.717) is 38.4 Å². The molecule has 4 heterocycles. The highest BCUT2D eigenvalue weighted by Gasteiger charge is 2.36. The third kappa shape index (κ3) is 3.56. The van der Waals surface area contributed by atoms with Crippen molar-refractivity contribution in [1.29, 1.82) is 0 Å². The molecule has 30 heavy (non-hydrogen) atoms. The third-order valence-electron chi connectivity index (χ3n) is 5.46. The number of carbonyl (C=O) groups excluding carboxylic acids is 1. The summed E-state index contributed by atoms with van der Waals surface area (Å²) in [6, 6.07) is 12.5. The number of amidine groups is 1. The molecule has 1 amide bonds. The number of hydrogen-bond acceptors (Lipinski definition) is 5. The van der Waals surface area contributed by atoms with Crippen LogP contribution in [0.3, 0.4) is 0 Å². The zero-order chi connectivity index (χ0) is 20.5. The Hall–Kier alpha value is -3.55. The van der Waals surface area contributed by atoms with E-state index >= 15 is 0 Å². The number of aromatic nitrogens is 3. The van der Waals surface area contributed by atoms with Crippen molar-refractivity contribution in [1.82, 2.24) is 25.0 Å². The molecule has 0 radical (unpaired) electrons. The summed E-state index contributed by atoms with van der Waals surface area (Å²) < 4.78 is 15.3. The number of halogens is 1. The normalized spacial score (nSPS) is 16.2. The maximum absolute atomic E-state index is 13.3. The van der Waals surface area contributed by atoms with Crippen LogP contribution in [0.15, 0.2) is 59.9 Å². The van der Waals surface area contributed by atoms with Crippen LogP contribution in [0, 0.1) is 5.82 Å². The molecule has 1 N–H and O–H groups in total. The van der Waals surface area contributed by atoms with Gasteiger partial charge < -0.3 is 10.2 Å². The van der Waals surface area contributed by atoms with Crippen LogP contribution in [0.5, 0.6) is 0 Å². The van der Waals surface area contributed by atoms with Crippen LogP contribution in [-0.4, -0.2) is 57.6 Å². The van der Waals surface area contributed by atoms with Gasteiger partial charge >= 0.3 is 0 Å². The molecule has 0 atom stereocenters. The molecule has 0 saturated carbocycles. The topological polar surface area (TPSA) is 75.4 Å². The summed E-state index contributed by atoms with van der Waals surface area (Å²) in [6.45, 7) is 2.55. The van der Waals surface area contributed by atoms with Gasteiger partial charge in [0.25, 0.3) is 5.91 Å². The molecule has 2 aliphatic rings. The molecular formula is C22H21FN6O. The lowest BCUT2D eigenvalue weighted by Crippen LogP contribution is -2.54. The molecule has 0 unspecified atom stereocenters. The zero-order valence-electron chi connectivity index (χ0n) is 16.3. The average Bonchev–Trinajstić information content (AvgIpc) is 3.40. The van der Waals surface area contributed by atoms with Gasteiger partial charge in [-0.1, -0.05) is 12.1 Å². The molecule has 0 aliphatic carbocycles. The van der Waals surface area contributed by atoms with Gasteiger partial charge in [-0.25, -0.2) is 4.39 Å². The highest BCUT2D eigenvalue weighted by Crippen LogP contribution is 2.28. The Balaban J connectivity index is 1.39. The summed E-state index contributed by atoms with van der Waals surface area (Å²) >= 11 is 0. The van der Waals surface area contributed by atoms with Crippen LogP contribution in [0.25, 0.3) is 11.3 Å². The minimum absolute atomic E-state index is 0.0506.